The number of thiophene rings is 2. The molecule has 10 aromatic rings. The predicted octanol–water partition coefficient (Wildman–Crippen LogP) is 12.9. The van der Waals surface area contributed by atoms with Crippen LogP contribution in [-0.4, -0.2) is 15.0 Å². The summed E-state index contributed by atoms with van der Waals surface area (Å²) < 4.78 is 5.11. The van der Waals surface area contributed by atoms with Crippen molar-refractivity contribution in [2.75, 3.05) is 0 Å². The fourth-order valence-corrected chi connectivity index (χ4v) is 9.25. The molecule has 3 nitrogen and oxygen atoms in total. The maximum atomic E-state index is 5.11. The first-order valence-corrected chi connectivity index (χ1v) is 18.2. The Hall–Kier alpha value is -6.01. The zero-order chi connectivity index (χ0) is 33.0. The summed E-state index contributed by atoms with van der Waals surface area (Å²) in [6.45, 7) is 0. The number of rotatable bonds is 5. The Morgan fingerprint density at radius 1 is 0.300 bits per heavy atom. The first kappa shape index (κ1) is 29.0. The second-order valence-electron chi connectivity index (χ2n) is 12.4. The third-order valence-electron chi connectivity index (χ3n) is 9.36. The van der Waals surface area contributed by atoms with Crippen molar-refractivity contribution in [2.24, 2.45) is 0 Å². The maximum Gasteiger partial charge on any atom is 0.164 e. The summed E-state index contributed by atoms with van der Waals surface area (Å²) in [6.07, 6.45) is 0. The van der Waals surface area contributed by atoms with E-state index in [0.29, 0.717) is 17.5 Å². The van der Waals surface area contributed by atoms with Gasteiger partial charge in [0.05, 0.1) is 0 Å². The molecular weight excluding hydrogens is 647 g/mol. The molecular formula is C45H27N3S2. The van der Waals surface area contributed by atoms with E-state index < -0.39 is 0 Å². The zero-order valence-corrected chi connectivity index (χ0v) is 28.4. The van der Waals surface area contributed by atoms with Crippen LogP contribution in [0, 0.1) is 0 Å². The van der Waals surface area contributed by atoms with Crippen LogP contribution in [-0.2, 0) is 0 Å². The minimum absolute atomic E-state index is 0.651. The van der Waals surface area contributed by atoms with Crippen LogP contribution < -0.4 is 0 Å². The Bertz CT molecular complexity index is 2870. The largest absolute Gasteiger partial charge is 0.208 e. The average molecular weight is 674 g/mol. The van der Waals surface area contributed by atoms with Crippen LogP contribution in [0.4, 0.5) is 0 Å². The van der Waals surface area contributed by atoms with Gasteiger partial charge in [-0.05, 0) is 46.5 Å². The fourth-order valence-electron chi connectivity index (χ4n) is 6.87. The lowest BCUT2D eigenvalue weighted by atomic mass is 10.0. The molecule has 10 rings (SSSR count). The molecule has 0 saturated carbocycles. The minimum Gasteiger partial charge on any atom is -0.208 e. The Labute approximate surface area is 296 Å². The topological polar surface area (TPSA) is 38.7 Å². The summed E-state index contributed by atoms with van der Waals surface area (Å²) in [7, 11) is 0. The molecule has 0 bridgehead atoms. The van der Waals surface area contributed by atoms with Gasteiger partial charge < -0.3 is 0 Å². The van der Waals surface area contributed by atoms with Crippen molar-refractivity contribution in [2.45, 2.75) is 0 Å². The Kier molecular flexibility index (Phi) is 6.86. The van der Waals surface area contributed by atoms with E-state index in [2.05, 4.69) is 158 Å². The third kappa shape index (κ3) is 4.98. The average Bonchev–Trinajstić information content (AvgIpc) is 3.76. The molecule has 0 N–H and O–H groups in total. The SMILES string of the molecule is c1ccc(-c2cccc(-c3nc(-c4ccc(-c5cccc6c5sc5ccccc56)cc4)nc(-c4ccc5c(c4)sc4ccccc45)n3)c2)cc1. The Morgan fingerprint density at radius 2 is 0.820 bits per heavy atom. The van der Waals surface area contributed by atoms with Crippen molar-refractivity contribution in [3.8, 4) is 56.4 Å². The second kappa shape index (κ2) is 11.8. The number of aromatic nitrogens is 3. The highest BCUT2D eigenvalue weighted by Crippen LogP contribution is 2.40. The van der Waals surface area contributed by atoms with E-state index >= 15 is 0 Å². The van der Waals surface area contributed by atoms with E-state index in [1.165, 1.54) is 51.5 Å². The lowest BCUT2D eigenvalue weighted by Gasteiger charge is -2.10. The van der Waals surface area contributed by atoms with E-state index in [-0.39, 0.29) is 0 Å². The standard InChI is InChI=1S/C45H27N3S2/c1-2-10-28(11-3-1)31-12-8-13-32(26-31)44-46-43(47-45(48-44)33-24-25-37-35-14-4-6-18-39(35)49-41(37)27-33)30-22-20-29(21-23-30)34-16-9-17-38-36-15-5-7-19-40(36)50-42(34)38/h1-27H. The third-order valence-corrected chi connectivity index (χ3v) is 11.7. The van der Waals surface area contributed by atoms with E-state index in [0.717, 1.165) is 27.8 Å². The van der Waals surface area contributed by atoms with Crippen LogP contribution in [0.2, 0.25) is 0 Å². The highest BCUT2D eigenvalue weighted by Gasteiger charge is 2.16. The van der Waals surface area contributed by atoms with Gasteiger partial charge in [0.15, 0.2) is 17.5 Å². The molecule has 0 aliphatic carbocycles. The zero-order valence-electron chi connectivity index (χ0n) is 26.7. The van der Waals surface area contributed by atoms with E-state index in [1.54, 1.807) is 11.3 Å². The summed E-state index contributed by atoms with van der Waals surface area (Å²) in [6, 6.07) is 57.9. The first-order chi connectivity index (χ1) is 24.7. The number of hydrogen-bond acceptors (Lipinski definition) is 5. The van der Waals surface area contributed by atoms with Gasteiger partial charge in [-0.25, -0.2) is 15.0 Å². The number of hydrogen-bond donors (Lipinski definition) is 0. The first-order valence-electron chi connectivity index (χ1n) is 16.6. The summed E-state index contributed by atoms with van der Waals surface area (Å²) in [4.78, 5) is 15.3. The smallest absolute Gasteiger partial charge is 0.164 e. The second-order valence-corrected chi connectivity index (χ2v) is 14.6. The lowest BCUT2D eigenvalue weighted by molar-refractivity contribution is 1.07. The molecule has 0 radical (unpaired) electrons. The van der Waals surface area contributed by atoms with Gasteiger partial charge in [0.2, 0.25) is 0 Å². The molecule has 0 spiro atoms. The van der Waals surface area contributed by atoms with Crippen LogP contribution in [0.15, 0.2) is 164 Å². The molecule has 3 aromatic heterocycles. The lowest BCUT2D eigenvalue weighted by Crippen LogP contribution is -2.00. The quantitative estimate of drug-likeness (QED) is 0.182. The van der Waals surface area contributed by atoms with E-state index in [1.807, 2.05) is 17.4 Å². The molecule has 0 amide bonds. The minimum atomic E-state index is 0.651. The van der Waals surface area contributed by atoms with Gasteiger partial charge >= 0.3 is 0 Å². The molecule has 0 fully saturated rings. The number of benzene rings is 7. The molecule has 0 saturated heterocycles. The summed E-state index contributed by atoms with van der Waals surface area (Å²) in [5.74, 6) is 1.96. The van der Waals surface area contributed by atoms with Crippen LogP contribution in [0.25, 0.3) is 96.8 Å². The van der Waals surface area contributed by atoms with Gasteiger partial charge in [-0.1, -0.05) is 140 Å². The van der Waals surface area contributed by atoms with Gasteiger partial charge in [-0.15, -0.1) is 22.7 Å². The molecule has 5 heteroatoms. The van der Waals surface area contributed by atoms with Crippen molar-refractivity contribution in [3.05, 3.63) is 164 Å². The molecule has 50 heavy (non-hydrogen) atoms. The predicted molar refractivity (Wildman–Crippen MR) is 213 cm³/mol. The van der Waals surface area contributed by atoms with Crippen molar-refractivity contribution < 1.29 is 0 Å². The molecule has 234 valence electrons. The van der Waals surface area contributed by atoms with Crippen molar-refractivity contribution >= 4 is 63.0 Å². The van der Waals surface area contributed by atoms with E-state index in [9.17, 15) is 0 Å². The van der Waals surface area contributed by atoms with E-state index in [4.69, 9.17) is 15.0 Å². The van der Waals surface area contributed by atoms with Gasteiger partial charge in [-0.3, -0.25) is 0 Å². The molecule has 0 aliphatic rings. The molecule has 3 heterocycles. The van der Waals surface area contributed by atoms with Crippen molar-refractivity contribution in [1.82, 2.24) is 15.0 Å². The summed E-state index contributed by atoms with van der Waals surface area (Å²) >= 11 is 3.65. The van der Waals surface area contributed by atoms with Gasteiger partial charge in [-0.2, -0.15) is 0 Å². The monoisotopic (exact) mass is 673 g/mol. The van der Waals surface area contributed by atoms with Crippen LogP contribution in [0.1, 0.15) is 0 Å². The molecule has 0 unspecified atom stereocenters. The molecule has 7 aromatic carbocycles. The van der Waals surface area contributed by atoms with Crippen LogP contribution in [0.5, 0.6) is 0 Å². The van der Waals surface area contributed by atoms with Crippen LogP contribution >= 0.6 is 22.7 Å². The van der Waals surface area contributed by atoms with Crippen LogP contribution in [0.3, 0.4) is 0 Å². The summed E-state index contributed by atoms with van der Waals surface area (Å²) in [5.41, 5.74) is 7.56. The number of fused-ring (bicyclic) bond motifs is 6. The Balaban J connectivity index is 1.10. The van der Waals surface area contributed by atoms with Gasteiger partial charge in [0.25, 0.3) is 0 Å². The fraction of sp³-hybridized carbons (Fsp3) is 0. The van der Waals surface area contributed by atoms with Crippen molar-refractivity contribution in [1.29, 1.82) is 0 Å². The number of nitrogens with zero attached hydrogens (tertiary/aromatic N) is 3. The van der Waals surface area contributed by atoms with Gasteiger partial charge in [0.1, 0.15) is 0 Å². The van der Waals surface area contributed by atoms with Gasteiger partial charge in [0, 0.05) is 57.0 Å². The normalized spacial score (nSPS) is 11.6. The Morgan fingerprint density at radius 3 is 1.60 bits per heavy atom. The highest BCUT2D eigenvalue weighted by atomic mass is 32.1. The maximum absolute atomic E-state index is 5.11. The highest BCUT2D eigenvalue weighted by molar-refractivity contribution is 7.26. The van der Waals surface area contributed by atoms with Crippen molar-refractivity contribution in [3.63, 3.8) is 0 Å². The molecule has 0 atom stereocenters. The molecule has 0 aliphatic heterocycles. The summed E-state index contributed by atoms with van der Waals surface area (Å²) in [5, 5.41) is 5.14.